The molecule has 0 unspecified atom stereocenters. The highest BCUT2D eigenvalue weighted by Gasteiger charge is 2.32. The van der Waals surface area contributed by atoms with Crippen molar-refractivity contribution in [3.8, 4) is 5.75 Å². The van der Waals surface area contributed by atoms with Crippen LogP contribution in [0, 0.1) is 6.92 Å². The van der Waals surface area contributed by atoms with Gasteiger partial charge < -0.3 is 14.5 Å². The van der Waals surface area contributed by atoms with E-state index < -0.39 is 29.3 Å². The zero-order valence-electron chi connectivity index (χ0n) is 9.55. The van der Waals surface area contributed by atoms with Crippen LogP contribution in [0.3, 0.4) is 0 Å². The van der Waals surface area contributed by atoms with Crippen molar-refractivity contribution in [1.29, 1.82) is 0 Å². The van der Waals surface area contributed by atoms with Crippen LogP contribution in [0.2, 0.25) is 0 Å². The maximum Gasteiger partial charge on any atom is 0.573 e. The lowest BCUT2D eigenvalue weighted by atomic mass is 10.2. The molecule has 0 spiro atoms. The molecule has 1 rings (SSSR count). The lowest BCUT2D eigenvalue weighted by molar-refractivity contribution is -0.274. The molecule has 8 heteroatoms. The van der Waals surface area contributed by atoms with Gasteiger partial charge in [-0.05, 0) is 13.8 Å². The lowest BCUT2D eigenvalue weighted by Gasteiger charge is -2.11. The number of carbonyl (C=O) groups excluding carboxylic acids is 1. The van der Waals surface area contributed by atoms with Crippen LogP contribution in [0.15, 0.2) is 10.9 Å². The predicted octanol–water partition coefficient (Wildman–Crippen LogP) is 1.76. The van der Waals surface area contributed by atoms with E-state index in [-0.39, 0.29) is 12.2 Å². The Morgan fingerprint density at radius 2 is 2.06 bits per heavy atom. The van der Waals surface area contributed by atoms with Gasteiger partial charge in [0.15, 0.2) is 0 Å². The van der Waals surface area contributed by atoms with E-state index in [0.717, 1.165) is 13.0 Å². The highest BCUT2D eigenvalue weighted by Crippen LogP contribution is 2.24. The Kier molecular flexibility index (Phi) is 4.00. The molecule has 100 valence electrons. The molecule has 0 radical (unpaired) electrons. The predicted molar refractivity (Wildman–Crippen MR) is 54.4 cm³/mol. The van der Waals surface area contributed by atoms with E-state index in [1.165, 1.54) is 6.92 Å². The zero-order valence-corrected chi connectivity index (χ0v) is 9.55. The molecule has 1 heterocycles. The van der Waals surface area contributed by atoms with Crippen molar-refractivity contribution < 1.29 is 27.4 Å². The number of rotatable bonds is 3. The first kappa shape index (κ1) is 14.1. The number of ether oxygens (including phenoxy) is 2. The molecule has 0 saturated heterocycles. The van der Waals surface area contributed by atoms with E-state index in [0.29, 0.717) is 0 Å². The van der Waals surface area contributed by atoms with Gasteiger partial charge in [-0.2, -0.15) is 0 Å². The van der Waals surface area contributed by atoms with Crippen LogP contribution in [0.1, 0.15) is 23.0 Å². The monoisotopic (exact) mass is 265 g/mol. The Hall–Kier alpha value is -1.99. The van der Waals surface area contributed by atoms with E-state index >= 15 is 0 Å². The van der Waals surface area contributed by atoms with Gasteiger partial charge >= 0.3 is 12.3 Å². The molecule has 1 aromatic heterocycles. The summed E-state index contributed by atoms with van der Waals surface area (Å²) in [5.41, 5.74) is -1.52. The Bertz CT molecular complexity index is 507. The average molecular weight is 265 g/mol. The number of nitrogens with one attached hydrogen (secondary N) is 1. The lowest BCUT2D eigenvalue weighted by Crippen LogP contribution is -2.23. The minimum absolute atomic E-state index is 0.0319. The third-order valence-corrected chi connectivity index (χ3v) is 1.95. The summed E-state index contributed by atoms with van der Waals surface area (Å²) < 4.78 is 44.5. The first-order chi connectivity index (χ1) is 8.24. The fourth-order valence-corrected chi connectivity index (χ4v) is 1.15. The minimum Gasteiger partial charge on any atom is -0.461 e. The summed E-state index contributed by atoms with van der Waals surface area (Å²) in [5.74, 6) is -1.66. The first-order valence-corrected chi connectivity index (χ1v) is 4.91. The first-order valence-electron chi connectivity index (χ1n) is 4.91. The molecule has 18 heavy (non-hydrogen) atoms. The summed E-state index contributed by atoms with van der Waals surface area (Å²) in [7, 11) is 0. The number of carbonyl (C=O) groups is 1. The molecule has 0 atom stereocenters. The number of halogens is 3. The summed E-state index contributed by atoms with van der Waals surface area (Å²) in [5, 5.41) is 0. The van der Waals surface area contributed by atoms with E-state index in [9.17, 15) is 22.8 Å². The number of pyridine rings is 1. The Morgan fingerprint density at radius 1 is 1.44 bits per heavy atom. The van der Waals surface area contributed by atoms with Crippen molar-refractivity contribution >= 4 is 5.97 Å². The summed E-state index contributed by atoms with van der Waals surface area (Å²) in [6.07, 6.45) is -4.94. The molecule has 0 aromatic carbocycles. The Labute approximate surface area is 99.5 Å². The molecule has 0 aliphatic heterocycles. The normalized spacial score (nSPS) is 11.2. The van der Waals surface area contributed by atoms with E-state index in [1.54, 1.807) is 0 Å². The van der Waals surface area contributed by atoms with Gasteiger partial charge in [0.2, 0.25) is 0 Å². The fourth-order valence-electron chi connectivity index (χ4n) is 1.15. The van der Waals surface area contributed by atoms with Crippen LogP contribution in [-0.4, -0.2) is 23.9 Å². The van der Waals surface area contributed by atoms with E-state index in [2.05, 4.69) is 14.5 Å². The highest BCUT2D eigenvalue weighted by atomic mass is 19.4. The number of esters is 1. The number of hydrogen-bond donors (Lipinski definition) is 1. The van der Waals surface area contributed by atoms with Crippen molar-refractivity contribution in [1.82, 2.24) is 4.98 Å². The van der Waals surface area contributed by atoms with Crippen LogP contribution in [0.4, 0.5) is 13.2 Å². The molecule has 0 aliphatic carbocycles. The largest absolute Gasteiger partial charge is 0.573 e. The van der Waals surface area contributed by atoms with E-state index in [1.807, 2.05) is 0 Å². The van der Waals surface area contributed by atoms with Gasteiger partial charge in [0.05, 0.1) is 12.2 Å². The third kappa shape index (κ3) is 3.51. The molecule has 1 aromatic rings. The minimum atomic E-state index is -4.94. The second kappa shape index (κ2) is 5.11. The molecule has 0 fully saturated rings. The second-order valence-electron chi connectivity index (χ2n) is 3.27. The summed E-state index contributed by atoms with van der Waals surface area (Å²) in [6, 6.07) is 0.780. The molecule has 0 amide bonds. The van der Waals surface area contributed by atoms with Gasteiger partial charge in [0, 0.05) is 6.07 Å². The Balaban J connectivity index is 3.19. The smallest absolute Gasteiger partial charge is 0.461 e. The average Bonchev–Trinajstić information content (AvgIpc) is 2.22. The van der Waals surface area contributed by atoms with Crippen molar-refractivity contribution in [2.45, 2.75) is 20.2 Å². The SMILES string of the molecule is CCOC(=O)c1cc(OC(F)(F)F)c(C)c(=O)[nH]1. The van der Waals surface area contributed by atoms with Gasteiger partial charge in [-0.15, -0.1) is 13.2 Å². The number of H-pyrrole nitrogens is 1. The Morgan fingerprint density at radius 3 is 2.56 bits per heavy atom. The van der Waals surface area contributed by atoms with Crippen LogP contribution in [0.25, 0.3) is 0 Å². The molecule has 1 N–H and O–H groups in total. The number of aromatic amines is 1. The highest BCUT2D eigenvalue weighted by molar-refractivity contribution is 5.87. The van der Waals surface area contributed by atoms with Gasteiger partial charge in [-0.3, -0.25) is 4.79 Å². The molecule has 0 saturated carbocycles. The van der Waals surface area contributed by atoms with Gasteiger partial charge in [0.1, 0.15) is 11.4 Å². The molecule has 5 nitrogen and oxygen atoms in total. The van der Waals surface area contributed by atoms with E-state index in [4.69, 9.17) is 0 Å². The molecular formula is C10H10F3NO4. The van der Waals surface area contributed by atoms with Gasteiger partial charge in [-0.25, -0.2) is 4.79 Å². The van der Waals surface area contributed by atoms with Crippen LogP contribution in [-0.2, 0) is 4.74 Å². The summed E-state index contributed by atoms with van der Waals surface area (Å²) in [6.45, 7) is 2.70. The third-order valence-electron chi connectivity index (χ3n) is 1.95. The van der Waals surface area contributed by atoms with Crippen molar-refractivity contribution in [3.05, 3.63) is 27.7 Å². The van der Waals surface area contributed by atoms with Crippen LogP contribution < -0.4 is 10.3 Å². The number of hydrogen-bond acceptors (Lipinski definition) is 4. The second-order valence-corrected chi connectivity index (χ2v) is 3.27. The van der Waals surface area contributed by atoms with Crippen molar-refractivity contribution in [3.63, 3.8) is 0 Å². The number of alkyl halides is 3. The molecule has 0 bridgehead atoms. The number of aromatic nitrogens is 1. The van der Waals surface area contributed by atoms with Crippen molar-refractivity contribution in [2.75, 3.05) is 6.61 Å². The topological polar surface area (TPSA) is 68.4 Å². The van der Waals surface area contributed by atoms with Crippen LogP contribution >= 0.6 is 0 Å². The molecular weight excluding hydrogens is 255 g/mol. The maximum absolute atomic E-state index is 12.1. The van der Waals surface area contributed by atoms with Crippen LogP contribution in [0.5, 0.6) is 5.75 Å². The standard InChI is InChI=1S/C10H10F3NO4/c1-3-17-9(16)6-4-7(18-10(11,12)13)5(2)8(15)14-6/h4H,3H2,1-2H3,(H,14,15). The van der Waals surface area contributed by atoms with Crippen molar-refractivity contribution in [2.24, 2.45) is 0 Å². The maximum atomic E-state index is 12.1. The quantitative estimate of drug-likeness (QED) is 0.845. The van der Waals surface area contributed by atoms with Gasteiger partial charge in [-0.1, -0.05) is 0 Å². The van der Waals surface area contributed by atoms with Gasteiger partial charge in [0.25, 0.3) is 5.56 Å². The summed E-state index contributed by atoms with van der Waals surface area (Å²) in [4.78, 5) is 24.8. The zero-order chi connectivity index (χ0) is 13.9. The fraction of sp³-hybridized carbons (Fsp3) is 0.400. The summed E-state index contributed by atoms with van der Waals surface area (Å²) >= 11 is 0. The molecule has 0 aliphatic rings.